The van der Waals surface area contributed by atoms with E-state index in [4.69, 9.17) is 4.74 Å². The third kappa shape index (κ3) is 3.70. The molecule has 1 fully saturated rings. The SMILES string of the molecule is CCCOC1CCCN(C(C)c2ccc(F)cc2O)C1. The molecule has 0 saturated carbocycles. The molecule has 0 radical (unpaired) electrons. The average molecular weight is 281 g/mol. The Labute approximate surface area is 120 Å². The van der Waals surface area contributed by atoms with Crippen LogP contribution in [0.25, 0.3) is 0 Å². The van der Waals surface area contributed by atoms with Gasteiger partial charge in [-0.25, -0.2) is 4.39 Å². The second-order valence-electron chi connectivity index (χ2n) is 5.51. The van der Waals surface area contributed by atoms with Crippen LogP contribution in [0.2, 0.25) is 0 Å². The molecule has 1 saturated heterocycles. The van der Waals surface area contributed by atoms with Gasteiger partial charge in [-0.05, 0) is 38.8 Å². The number of piperidine rings is 1. The molecule has 2 rings (SSSR count). The minimum absolute atomic E-state index is 0.0362. The molecule has 20 heavy (non-hydrogen) atoms. The second kappa shape index (κ2) is 7.04. The topological polar surface area (TPSA) is 32.7 Å². The average Bonchev–Trinajstić information content (AvgIpc) is 2.45. The third-order valence-corrected chi connectivity index (χ3v) is 3.96. The van der Waals surface area contributed by atoms with E-state index in [9.17, 15) is 9.50 Å². The van der Waals surface area contributed by atoms with Gasteiger partial charge < -0.3 is 9.84 Å². The molecule has 2 atom stereocenters. The molecule has 1 aliphatic heterocycles. The summed E-state index contributed by atoms with van der Waals surface area (Å²) in [6.45, 7) is 6.82. The van der Waals surface area contributed by atoms with E-state index in [1.54, 1.807) is 6.07 Å². The minimum Gasteiger partial charge on any atom is -0.508 e. The Morgan fingerprint density at radius 1 is 1.50 bits per heavy atom. The lowest BCUT2D eigenvalue weighted by atomic mass is 10.0. The molecule has 112 valence electrons. The van der Waals surface area contributed by atoms with Gasteiger partial charge in [-0.3, -0.25) is 4.90 Å². The van der Waals surface area contributed by atoms with Crippen LogP contribution < -0.4 is 0 Å². The number of aromatic hydroxyl groups is 1. The van der Waals surface area contributed by atoms with Crippen molar-refractivity contribution in [2.24, 2.45) is 0 Å². The summed E-state index contributed by atoms with van der Waals surface area (Å²) in [5.74, 6) is -0.365. The Morgan fingerprint density at radius 3 is 3.00 bits per heavy atom. The summed E-state index contributed by atoms with van der Waals surface area (Å²) in [7, 11) is 0. The molecule has 0 bridgehead atoms. The highest BCUT2D eigenvalue weighted by Crippen LogP contribution is 2.31. The van der Waals surface area contributed by atoms with Crippen molar-refractivity contribution in [2.45, 2.75) is 45.3 Å². The van der Waals surface area contributed by atoms with Crippen molar-refractivity contribution in [3.05, 3.63) is 29.6 Å². The maximum Gasteiger partial charge on any atom is 0.126 e. The minimum atomic E-state index is -0.402. The monoisotopic (exact) mass is 281 g/mol. The van der Waals surface area contributed by atoms with E-state index in [0.717, 1.165) is 44.5 Å². The summed E-state index contributed by atoms with van der Waals surface area (Å²) in [5, 5.41) is 9.90. The molecule has 1 aliphatic rings. The van der Waals surface area contributed by atoms with Crippen LogP contribution in [0.5, 0.6) is 5.75 Å². The van der Waals surface area contributed by atoms with E-state index in [2.05, 4.69) is 18.7 Å². The van der Waals surface area contributed by atoms with Gasteiger partial charge in [0.05, 0.1) is 6.10 Å². The van der Waals surface area contributed by atoms with Gasteiger partial charge in [-0.1, -0.05) is 13.0 Å². The molecule has 1 N–H and O–H groups in total. The lowest BCUT2D eigenvalue weighted by molar-refractivity contribution is -0.0109. The zero-order valence-corrected chi connectivity index (χ0v) is 12.3. The van der Waals surface area contributed by atoms with Gasteiger partial charge in [0.25, 0.3) is 0 Å². The number of hydrogen-bond donors (Lipinski definition) is 1. The van der Waals surface area contributed by atoms with Crippen molar-refractivity contribution >= 4 is 0 Å². The number of rotatable bonds is 5. The van der Waals surface area contributed by atoms with E-state index in [0.29, 0.717) is 0 Å². The van der Waals surface area contributed by atoms with E-state index in [1.165, 1.54) is 12.1 Å². The Bertz CT molecular complexity index is 438. The van der Waals surface area contributed by atoms with Crippen LogP contribution in [-0.4, -0.2) is 35.8 Å². The molecule has 3 nitrogen and oxygen atoms in total. The Hall–Kier alpha value is -1.13. The summed E-state index contributed by atoms with van der Waals surface area (Å²) < 4.78 is 18.9. The molecule has 2 unspecified atom stereocenters. The van der Waals surface area contributed by atoms with Gasteiger partial charge in [0.1, 0.15) is 11.6 Å². The van der Waals surface area contributed by atoms with Gasteiger partial charge in [0.2, 0.25) is 0 Å². The highest BCUT2D eigenvalue weighted by Gasteiger charge is 2.26. The lowest BCUT2D eigenvalue weighted by Gasteiger charge is -2.37. The quantitative estimate of drug-likeness (QED) is 0.897. The van der Waals surface area contributed by atoms with Gasteiger partial charge in [-0.2, -0.15) is 0 Å². The van der Waals surface area contributed by atoms with Crippen LogP contribution in [0.3, 0.4) is 0 Å². The van der Waals surface area contributed by atoms with Crippen LogP contribution >= 0.6 is 0 Å². The molecular weight excluding hydrogens is 257 g/mol. The van der Waals surface area contributed by atoms with E-state index in [-0.39, 0.29) is 17.9 Å². The fraction of sp³-hybridized carbons (Fsp3) is 0.625. The van der Waals surface area contributed by atoms with Crippen LogP contribution in [0.1, 0.15) is 44.7 Å². The number of phenolic OH excluding ortho intramolecular Hbond substituents is 1. The maximum atomic E-state index is 13.1. The van der Waals surface area contributed by atoms with E-state index >= 15 is 0 Å². The van der Waals surface area contributed by atoms with Crippen molar-refractivity contribution in [2.75, 3.05) is 19.7 Å². The normalized spacial score (nSPS) is 21.9. The largest absolute Gasteiger partial charge is 0.508 e. The smallest absolute Gasteiger partial charge is 0.126 e. The van der Waals surface area contributed by atoms with Crippen LogP contribution in [0.4, 0.5) is 4.39 Å². The molecule has 1 aromatic rings. The molecule has 1 aromatic carbocycles. The van der Waals surface area contributed by atoms with Crippen molar-refractivity contribution in [3.8, 4) is 5.75 Å². The fourth-order valence-corrected chi connectivity index (χ4v) is 2.81. The molecule has 0 aromatic heterocycles. The molecule has 4 heteroatoms. The molecule has 0 aliphatic carbocycles. The summed E-state index contributed by atoms with van der Waals surface area (Å²) in [4.78, 5) is 2.30. The Morgan fingerprint density at radius 2 is 2.30 bits per heavy atom. The lowest BCUT2D eigenvalue weighted by Crippen LogP contribution is -2.41. The zero-order valence-electron chi connectivity index (χ0n) is 12.3. The third-order valence-electron chi connectivity index (χ3n) is 3.96. The number of halogens is 1. The number of nitrogens with zero attached hydrogens (tertiary/aromatic N) is 1. The van der Waals surface area contributed by atoms with Crippen molar-refractivity contribution in [1.82, 2.24) is 4.90 Å². The number of hydrogen-bond acceptors (Lipinski definition) is 3. The highest BCUT2D eigenvalue weighted by molar-refractivity contribution is 5.35. The first-order chi connectivity index (χ1) is 9.61. The number of phenols is 1. The summed E-state index contributed by atoms with van der Waals surface area (Å²) in [6.07, 6.45) is 3.50. The predicted molar refractivity (Wildman–Crippen MR) is 77.3 cm³/mol. The van der Waals surface area contributed by atoms with Gasteiger partial charge >= 0.3 is 0 Å². The highest BCUT2D eigenvalue weighted by atomic mass is 19.1. The molecule has 1 heterocycles. The molecular formula is C16H24FNO2. The number of likely N-dealkylation sites (tertiary alicyclic amines) is 1. The van der Waals surface area contributed by atoms with Gasteiger partial charge in [-0.15, -0.1) is 0 Å². The van der Waals surface area contributed by atoms with Crippen LogP contribution in [-0.2, 0) is 4.74 Å². The van der Waals surface area contributed by atoms with E-state index < -0.39 is 5.82 Å². The first-order valence-corrected chi connectivity index (χ1v) is 7.46. The van der Waals surface area contributed by atoms with Gasteiger partial charge in [0, 0.05) is 30.8 Å². The van der Waals surface area contributed by atoms with E-state index in [1.807, 2.05) is 0 Å². The Balaban J connectivity index is 2.02. The number of benzene rings is 1. The van der Waals surface area contributed by atoms with Crippen LogP contribution in [0, 0.1) is 5.82 Å². The zero-order chi connectivity index (χ0) is 14.5. The first kappa shape index (κ1) is 15.3. The van der Waals surface area contributed by atoms with Crippen molar-refractivity contribution in [3.63, 3.8) is 0 Å². The standard InChI is InChI=1S/C16H24FNO2/c1-3-9-20-14-5-4-8-18(11-14)12(2)15-7-6-13(17)10-16(15)19/h6-7,10,12,14,19H,3-5,8-9,11H2,1-2H3. The molecule has 0 amide bonds. The summed E-state index contributed by atoms with van der Waals surface area (Å²) in [5.41, 5.74) is 0.780. The summed E-state index contributed by atoms with van der Waals surface area (Å²) in [6, 6.07) is 4.33. The fourth-order valence-electron chi connectivity index (χ4n) is 2.81. The van der Waals surface area contributed by atoms with Crippen LogP contribution in [0.15, 0.2) is 18.2 Å². The molecule has 0 spiro atoms. The first-order valence-electron chi connectivity index (χ1n) is 7.46. The van der Waals surface area contributed by atoms with Crippen molar-refractivity contribution in [1.29, 1.82) is 0 Å². The number of ether oxygens (including phenoxy) is 1. The maximum absolute atomic E-state index is 13.1. The predicted octanol–water partition coefficient (Wildman–Crippen LogP) is 3.48. The van der Waals surface area contributed by atoms with Gasteiger partial charge in [0.15, 0.2) is 0 Å². The summed E-state index contributed by atoms with van der Waals surface area (Å²) >= 11 is 0. The Kier molecular flexibility index (Phi) is 5.38. The second-order valence-corrected chi connectivity index (χ2v) is 5.51. The van der Waals surface area contributed by atoms with Crippen molar-refractivity contribution < 1.29 is 14.2 Å².